The van der Waals surface area contributed by atoms with Crippen LogP contribution in [0.15, 0.2) is 23.1 Å². The van der Waals surface area contributed by atoms with Gasteiger partial charge in [0.1, 0.15) is 6.54 Å². The highest BCUT2D eigenvalue weighted by Gasteiger charge is 2.17. The van der Waals surface area contributed by atoms with Crippen molar-refractivity contribution in [3.63, 3.8) is 0 Å². The molecule has 0 saturated heterocycles. The van der Waals surface area contributed by atoms with E-state index in [1.807, 2.05) is 6.92 Å². The molecule has 0 aliphatic carbocycles. The predicted molar refractivity (Wildman–Crippen MR) is 69.5 cm³/mol. The third-order valence-electron chi connectivity index (χ3n) is 2.12. The van der Waals surface area contributed by atoms with E-state index in [1.54, 1.807) is 0 Å². The van der Waals surface area contributed by atoms with Crippen LogP contribution in [0.3, 0.4) is 0 Å². The molecule has 0 bridgehead atoms. The maximum Gasteiger partial charge on any atom is 0.322 e. The highest BCUT2D eigenvalue weighted by molar-refractivity contribution is 7.99. The van der Waals surface area contributed by atoms with Gasteiger partial charge in [-0.25, -0.2) is 0 Å². The lowest BCUT2D eigenvalue weighted by atomic mass is 10.2. The number of aliphatic carboxylic acids is 1. The predicted octanol–water partition coefficient (Wildman–Crippen LogP) is 1.52. The average Bonchev–Trinajstić information content (AvgIpc) is 2.36. The van der Waals surface area contributed by atoms with Gasteiger partial charge in [0.25, 0.3) is 11.6 Å². The molecule has 102 valence electrons. The van der Waals surface area contributed by atoms with Crippen LogP contribution < -0.4 is 5.32 Å². The second kappa shape index (κ2) is 6.74. The number of hydrogen-bond acceptors (Lipinski definition) is 5. The number of carboxylic acid groups (broad SMARTS) is 1. The second-order valence-corrected chi connectivity index (χ2v) is 4.75. The smallest absolute Gasteiger partial charge is 0.322 e. The fourth-order valence-corrected chi connectivity index (χ4v) is 2.12. The number of non-ortho nitro benzene ring substituents is 1. The number of nitrogens with zero attached hydrogens (tertiary/aromatic N) is 1. The Kier molecular flexibility index (Phi) is 5.31. The quantitative estimate of drug-likeness (QED) is 0.465. The summed E-state index contributed by atoms with van der Waals surface area (Å²) in [4.78, 5) is 32.9. The van der Waals surface area contributed by atoms with Gasteiger partial charge < -0.3 is 10.4 Å². The average molecular weight is 284 g/mol. The van der Waals surface area contributed by atoms with Gasteiger partial charge in [-0.2, -0.15) is 0 Å². The molecule has 0 aliphatic heterocycles. The molecule has 0 spiro atoms. The molecule has 1 aromatic carbocycles. The van der Waals surface area contributed by atoms with Gasteiger partial charge in [0.2, 0.25) is 0 Å². The van der Waals surface area contributed by atoms with Crippen molar-refractivity contribution in [2.24, 2.45) is 0 Å². The molecule has 0 radical (unpaired) electrons. The number of thioether (sulfide) groups is 1. The van der Waals surface area contributed by atoms with Crippen LogP contribution in [0.4, 0.5) is 5.69 Å². The third-order valence-corrected chi connectivity index (χ3v) is 3.07. The molecule has 1 amide bonds. The first-order valence-electron chi connectivity index (χ1n) is 5.37. The first-order valence-corrected chi connectivity index (χ1v) is 6.35. The van der Waals surface area contributed by atoms with E-state index >= 15 is 0 Å². The van der Waals surface area contributed by atoms with E-state index in [4.69, 9.17) is 5.11 Å². The van der Waals surface area contributed by atoms with Crippen molar-refractivity contribution < 1.29 is 19.6 Å². The summed E-state index contributed by atoms with van der Waals surface area (Å²) in [5.41, 5.74) is -0.0942. The Hall–Kier alpha value is -2.09. The Morgan fingerprint density at radius 1 is 1.47 bits per heavy atom. The molecule has 2 N–H and O–H groups in total. The SMILES string of the molecule is CCSc1ccc([N+](=O)[O-])cc1C(=O)NCC(=O)O. The van der Waals surface area contributed by atoms with E-state index in [1.165, 1.54) is 23.9 Å². The molecule has 7 nitrogen and oxygen atoms in total. The highest BCUT2D eigenvalue weighted by atomic mass is 32.2. The molecule has 0 aliphatic rings. The van der Waals surface area contributed by atoms with Crippen molar-refractivity contribution in [3.8, 4) is 0 Å². The van der Waals surface area contributed by atoms with Crippen LogP contribution in [-0.4, -0.2) is 34.2 Å². The first kappa shape index (κ1) is 15.0. The minimum atomic E-state index is -1.18. The van der Waals surface area contributed by atoms with Crippen LogP contribution in [0.5, 0.6) is 0 Å². The highest BCUT2D eigenvalue weighted by Crippen LogP contribution is 2.26. The van der Waals surface area contributed by atoms with Crippen molar-refractivity contribution in [3.05, 3.63) is 33.9 Å². The fraction of sp³-hybridized carbons (Fsp3) is 0.273. The number of rotatable bonds is 6. The third kappa shape index (κ3) is 4.25. The summed E-state index contributed by atoms with van der Waals surface area (Å²) in [5.74, 6) is -1.12. The zero-order chi connectivity index (χ0) is 14.4. The Morgan fingerprint density at radius 3 is 2.68 bits per heavy atom. The second-order valence-electron chi connectivity index (χ2n) is 3.45. The zero-order valence-corrected chi connectivity index (χ0v) is 10.9. The molecule has 1 aromatic rings. The molecule has 0 unspecified atom stereocenters. The number of carboxylic acids is 1. The monoisotopic (exact) mass is 284 g/mol. The standard InChI is InChI=1S/C11H12N2O5S/c1-2-19-9-4-3-7(13(17)18)5-8(9)11(16)12-6-10(14)15/h3-5H,2,6H2,1H3,(H,12,16)(H,14,15). The molecule has 0 atom stereocenters. The number of carbonyl (C=O) groups is 2. The minimum absolute atomic E-state index is 0.113. The minimum Gasteiger partial charge on any atom is -0.480 e. The first-order chi connectivity index (χ1) is 8.95. The number of hydrogen-bond donors (Lipinski definition) is 2. The Labute approximate surface area is 113 Å². The molecule has 0 saturated carbocycles. The molecule has 19 heavy (non-hydrogen) atoms. The summed E-state index contributed by atoms with van der Waals surface area (Å²) < 4.78 is 0. The van der Waals surface area contributed by atoms with E-state index in [-0.39, 0.29) is 11.3 Å². The summed E-state index contributed by atoms with van der Waals surface area (Å²) in [5, 5.41) is 21.4. The summed E-state index contributed by atoms with van der Waals surface area (Å²) in [6.07, 6.45) is 0. The normalized spacial score (nSPS) is 9.95. The summed E-state index contributed by atoms with van der Waals surface area (Å²) >= 11 is 1.35. The van der Waals surface area contributed by atoms with Gasteiger partial charge in [0, 0.05) is 17.0 Å². The lowest BCUT2D eigenvalue weighted by molar-refractivity contribution is -0.384. The number of nitro benzene ring substituents is 1. The molecule has 1 rings (SSSR count). The molecule has 0 heterocycles. The van der Waals surface area contributed by atoms with Crippen molar-refractivity contribution in [2.75, 3.05) is 12.3 Å². The molecular weight excluding hydrogens is 272 g/mol. The van der Waals surface area contributed by atoms with Crippen LogP contribution >= 0.6 is 11.8 Å². The molecule has 8 heteroatoms. The Bertz CT molecular complexity index is 518. The zero-order valence-electron chi connectivity index (χ0n) is 10.1. The summed E-state index contributed by atoms with van der Waals surface area (Å²) in [7, 11) is 0. The van der Waals surface area contributed by atoms with Gasteiger partial charge in [-0.3, -0.25) is 19.7 Å². The van der Waals surface area contributed by atoms with Crippen LogP contribution in [0.25, 0.3) is 0 Å². The van der Waals surface area contributed by atoms with Gasteiger partial charge >= 0.3 is 5.97 Å². The van der Waals surface area contributed by atoms with Gasteiger partial charge in [-0.05, 0) is 11.8 Å². The maximum absolute atomic E-state index is 11.8. The van der Waals surface area contributed by atoms with E-state index in [9.17, 15) is 19.7 Å². The number of benzene rings is 1. The lowest BCUT2D eigenvalue weighted by Crippen LogP contribution is -2.29. The topological polar surface area (TPSA) is 110 Å². The van der Waals surface area contributed by atoms with Gasteiger partial charge in [0.15, 0.2) is 0 Å². The van der Waals surface area contributed by atoms with Crippen LogP contribution in [-0.2, 0) is 4.79 Å². The lowest BCUT2D eigenvalue weighted by Gasteiger charge is -2.08. The van der Waals surface area contributed by atoms with Crippen LogP contribution in [0, 0.1) is 10.1 Å². The molecule has 0 fully saturated rings. The largest absolute Gasteiger partial charge is 0.480 e. The van der Waals surface area contributed by atoms with E-state index in [0.717, 1.165) is 6.07 Å². The fourth-order valence-electron chi connectivity index (χ4n) is 1.34. The van der Waals surface area contributed by atoms with E-state index in [2.05, 4.69) is 5.32 Å². The summed E-state index contributed by atoms with van der Waals surface area (Å²) in [6.45, 7) is 1.35. The Balaban J connectivity index is 3.05. The maximum atomic E-state index is 11.8. The van der Waals surface area contributed by atoms with Crippen molar-refractivity contribution >= 4 is 29.3 Å². The summed E-state index contributed by atoms with van der Waals surface area (Å²) in [6, 6.07) is 3.95. The molecular formula is C11H12N2O5S. The Morgan fingerprint density at radius 2 is 2.16 bits per heavy atom. The van der Waals surface area contributed by atoms with Gasteiger partial charge in [-0.1, -0.05) is 6.92 Å². The number of nitro groups is 1. The van der Waals surface area contributed by atoms with Crippen molar-refractivity contribution in [1.82, 2.24) is 5.32 Å². The number of nitrogens with one attached hydrogen (secondary N) is 1. The van der Waals surface area contributed by atoms with Gasteiger partial charge in [0.05, 0.1) is 10.5 Å². The van der Waals surface area contributed by atoms with E-state index < -0.39 is 23.3 Å². The van der Waals surface area contributed by atoms with Crippen molar-refractivity contribution in [1.29, 1.82) is 0 Å². The number of amides is 1. The van der Waals surface area contributed by atoms with Crippen LogP contribution in [0.1, 0.15) is 17.3 Å². The van der Waals surface area contributed by atoms with Gasteiger partial charge in [-0.15, -0.1) is 11.8 Å². The molecule has 0 aromatic heterocycles. The number of carbonyl (C=O) groups excluding carboxylic acids is 1. The van der Waals surface area contributed by atoms with Crippen LogP contribution in [0.2, 0.25) is 0 Å². The van der Waals surface area contributed by atoms with Crippen molar-refractivity contribution in [2.45, 2.75) is 11.8 Å². The van der Waals surface area contributed by atoms with E-state index in [0.29, 0.717) is 10.6 Å².